The summed E-state index contributed by atoms with van der Waals surface area (Å²) in [6, 6.07) is 4.35. The second kappa shape index (κ2) is 7.22. The van der Waals surface area contributed by atoms with E-state index in [1.54, 1.807) is 7.05 Å². The minimum absolute atomic E-state index is 0.150. The molecule has 2 aromatic rings. The monoisotopic (exact) mass is 384 g/mol. The average molecular weight is 384 g/mol. The van der Waals surface area contributed by atoms with Gasteiger partial charge in [0.05, 0.1) is 5.56 Å². The first-order chi connectivity index (χ1) is 12.7. The maximum absolute atomic E-state index is 13.0. The lowest BCUT2D eigenvalue weighted by molar-refractivity contribution is -0.139. The smallest absolute Gasteiger partial charge is 0.416 e. The molecule has 0 radical (unpaired) electrons. The fourth-order valence-corrected chi connectivity index (χ4v) is 3.39. The van der Waals surface area contributed by atoms with Crippen molar-refractivity contribution in [3.63, 3.8) is 0 Å². The van der Waals surface area contributed by atoms with Gasteiger partial charge in [-0.1, -0.05) is 0 Å². The minimum Gasteiger partial charge on any atom is -0.480 e. The molecule has 0 bridgehead atoms. The Morgan fingerprint density at radius 3 is 2.52 bits per heavy atom. The zero-order valence-corrected chi connectivity index (χ0v) is 14.6. The van der Waals surface area contributed by atoms with Crippen molar-refractivity contribution in [2.24, 2.45) is 7.05 Å². The van der Waals surface area contributed by atoms with Gasteiger partial charge in [0.15, 0.2) is 0 Å². The van der Waals surface area contributed by atoms with Crippen LogP contribution in [-0.2, 0) is 22.8 Å². The topological polar surface area (TPSA) is 71.8 Å². The van der Waals surface area contributed by atoms with Crippen LogP contribution in [0.4, 0.5) is 13.2 Å². The van der Waals surface area contributed by atoms with Crippen LogP contribution < -0.4 is 0 Å². The fraction of sp³-hybridized carbons (Fsp3) is 0.444. The molecule has 1 fully saturated rings. The zero-order chi connectivity index (χ0) is 19.8. The van der Waals surface area contributed by atoms with Crippen molar-refractivity contribution < 1.29 is 32.6 Å². The highest BCUT2D eigenvalue weighted by atomic mass is 19.4. The van der Waals surface area contributed by atoms with Crippen molar-refractivity contribution in [2.45, 2.75) is 25.1 Å². The number of fused-ring (bicyclic) bond motifs is 1. The molecular formula is C18H19F3N2O4. The molecule has 9 heteroatoms. The van der Waals surface area contributed by atoms with Crippen LogP contribution in [0.5, 0.6) is 0 Å². The molecule has 1 aliphatic heterocycles. The molecule has 1 aromatic carbocycles. The van der Waals surface area contributed by atoms with Gasteiger partial charge < -0.3 is 19.3 Å². The van der Waals surface area contributed by atoms with Gasteiger partial charge in [0.1, 0.15) is 12.2 Å². The Morgan fingerprint density at radius 1 is 1.26 bits per heavy atom. The van der Waals surface area contributed by atoms with Crippen LogP contribution in [0.15, 0.2) is 24.3 Å². The summed E-state index contributed by atoms with van der Waals surface area (Å²) in [5.41, 5.74) is -0.183. The molecule has 1 aromatic heterocycles. The number of alkyl halides is 3. The Hall–Kier alpha value is -2.55. The molecule has 3 rings (SSSR count). The molecule has 0 saturated carbocycles. The Kier molecular flexibility index (Phi) is 5.14. The highest BCUT2D eigenvalue weighted by Crippen LogP contribution is 2.32. The summed E-state index contributed by atoms with van der Waals surface area (Å²) < 4.78 is 45.6. The molecule has 1 N–H and O–H groups in total. The van der Waals surface area contributed by atoms with E-state index in [-0.39, 0.29) is 17.1 Å². The van der Waals surface area contributed by atoms with Crippen LogP contribution in [0, 0.1) is 0 Å². The van der Waals surface area contributed by atoms with Gasteiger partial charge in [-0.05, 0) is 37.1 Å². The van der Waals surface area contributed by atoms with Crippen molar-refractivity contribution in [1.29, 1.82) is 0 Å². The molecule has 1 aliphatic rings. The largest absolute Gasteiger partial charge is 0.480 e. The van der Waals surface area contributed by atoms with E-state index in [0.717, 1.165) is 12.1 Å². The molecule has 2 heterocycles. The fourth-order valence-electron chi connectivity index (χ4n) is 3.39. The predicted octanol–water partition coefficient (Wildman–Crippen LogP) is 2.90. The number of aryl methyl sites for hydroxylation is 1. The quantitative estimate of drug-likeness (QED) is 0.880. The number of benzene rings is 1. The number of aliphatic carboxylic acids is 1. The first kappa shape index (κ1) is 19.2. The number of carboxylic acids is 1. The van der Waals surface area contributed by atoms with E-state index >= 15 is 0 Å². The van der Waals surface area contributed by atoms with Gasteiger partial charge in [-0.25, -0.2) is 0 Å². The second-order valence-electron chi connectivity index (χ2n) is 6.53. The van der Waals surface area contributed by atoms with Crippen molar-refractivity contribution in [3.8, 4) is 0 Å². The highest BCUT2D eigenvalue weighted by Gasteiger charge is 2.32. The molecular weight excluding hydrogens is 365 g/mol. The van der Waals surface area contributed by atoms with Crippen molar-refractivity contribution >= 4 is 22.8 Å². The molecule has 6 nitrogen and oxygen atoms in total. The third-order valence-corrected chi connectivity index (χ3v) is 4.79. The van der Waals surface area contributed by atoms with Crippen LogP contribution >= 0.6 is 0 Å². The minimum atomic E-state index is -4.48. The number of nitrogens with zero attached hydrogens (tertiary/aromatic N) is 2. The van der Waals surface area contributed by atoms with Gasteiger partial charge in [0, 0.05) is 37.2 Å². The summed E-state index contributed by atoms with van der Waals surface area (Å²) in [7, 11) is 1.58. The van der Waals surface area contributed by atoms with Gasteiger partial charge in [0.25, 0.3) is 5.91 Å². The summed E-state index contributed by atoms with van der Waals surface area (Å²) in [5.74, 6) is -1.66. The maximum Gasteiger partial charge on any atom is 0.416 e. The number of hydrogen-bond donors (Lipinski definition) is 1. The third-order valence-electron chi connectivity index (χ3n) is 4.79. The van der Waals surface area contributed by atoms with Crippen LogP contribution in [-0.4, -0.2) is 52.3 Å². The number of aromatic nitrogens is 1. The van der Waals surface area contributed by atoms with Gasteiger partial charge in [-0.2, -0.15) is 13.2 Å². The van der Waals surface area contributed by atoms with Gasteiger partial charge in [-0.3, -0.25) is 9.59 Å². The Labute approximate surface area is 153 Å². The van der Waals surface area contributed by atoms with E-state index < -0.39 is 30.2 Å². The van der Waals surface area contributed by atoms with E-state index in [2.05, 4.69) is 0 Å². The van der Waals surface area contributed by atoms with E-state index in [0.29, 0.717) is 31.6 Å². The van der Waals surface area contributed by atoms with E-state index in [9.17, 15) is 27.9 Å². The van der Waals surface area contributed by atoms with Crippen molar-refractivity contribution in [1.82, 2.24) is 9.47 Å². The first-order valence-corrected chi connectivity index (χ1v) is 8.45. The summed E-state index contributed by atoms with van der Waals surface area (Å²) >= 11 is 0. The number of halogens is 3. The van der Waals surface area contributed by atoms with E-state index in [1.807, 2.05) is 0 Å². The SMILES string of the molecule is Cn1c(C(=O)N(CC(=O)O)C2CCOCC2)cc2cc(C(F)(F)F)ccc21. The molecule has 0 aliphatic carbocycles. The lowest BCUT2D eigenvalue weighted by atomic mass is 10.1. The van der Waals surface area contributed by atoms with Crippen LogP contribution in [0.3, 0.4) is 0 Å². The third kappa shape index (κ3) is 3.92. The molecule has 0 unspecified atom stereocenters. The Balaban J connectivity index is 1.99. The maximum atomic E-state index is 13.0. The molecule has 1 amide bonds. The number of hydrogen-bond acceptors (Lipinski definition) is 3. The number of ether oxygens (including phenoxy) is 1. The molecule has 0 atom stereocenters. The van der Waals surface area contributed by atoms with Crippen LogP contribution in [0.25, 0.3) is 10.9 Å². The number of amides is 1. The summed E-state index contributed by atoms with van der Waals surface area (Å²) in [4.78, 5) is 25.5. The Bertz CT molecular complexity index is 869. The number of rotatable bonds is 4. The van der Waals surface area contributed by atoms with Gasteiger partial charge in [0.2, 0.25) is 0 Å². The predicted molar refractivity (Wildman–Crippen MR) is 90.4 cm³/mol. The first-order valence-electron chi connectivity index (χ1n) is 8.45. The van der Waals surface area contributed by atoms with Crippen molar-refractivity contribution in [2.75, 3.05) is 19.8 Å². The number of carbonyl (C=O) groups excluding carboxylic acids is 1. The molecule has 27 heavy (non-hydrogen) atoms. The van der Waals surface area contributed by atoms with Crippen LogP contribution in [0.1, 0.15) is 28.9 Å². The number of carboxylic acid groups (broad SMARTS) is 1. The van der Waals surface area contributed by atoms with Gasteiger partial charge in [-0.15, -0.1) is 0 Å². The molecule has 1 saturated heterocycles. The molecule has 146 valence electrons. The van der Waals surface area contributed by atoms with Crippen molar-refractivity contribution in [3.05, 3.63) is 35.5 Å². The molecule has 0 spiro atoms. The highest BCUT2D eigenvalue weighted by molar-refractivity contribution is 6.00. The lowest BCUT2D eigenvalue weighted by Gasteiger charge is -2.33. The average Bonchev–Trinajstić information content (AvgIpc) is 2.95. The normalized spacial score (nSPS) is 15.9. The Morgan fingerprint density at radius 2 is 1.93 bits per heavy atom. The summed E-state index contributed by atoms with van der Waals surface area (Å²) in [5, 5.41) is 9.46. The van der Waals surface area contributed by atoms with E-state index in [1.165, 1.54) is 21.6 Å². The zero-order valence-electron chi connectivity index (χ0n) is 14.6. The van der Waals surface area contributed by atoms with Crippen LogP contribution in [0.2, 0.25) is 0 Å². The van der Waals surface area contributed by atoms with E-state index in [4.69, 9.17) is 4.74 Å². The summed E-state index contributed by atoms with van der Waals surface area (Å²) in [6.45, 7) is 0.384. The summed E-state index contributed by atoms with van der Waals surface area (Å²) in [6.07, 6.45) is -3.45. The lowest BCUT2D eigenvalue weighted by Crippen LogP contribution is -2.46. The second-order valence-corrected chi connectivity index (χ2v) is 6.53. The number of carbonyl (C=O) groups is 2. The standard InChI is InChI=1S/C18H19F3N2O4/c1-22-14-3-2-12(18(19,20)21)8-11(14)9-15(22)17(26)23(10-16(24)25)13-4-6-27-7-5-13/h2-3,8-9,13H,4-7,10H2,1H3,(H,24,25). The van der Waals surface area contributed by atoms with Gasteiger partial charge >= 0.3 is 12.1 Å².